The van der Waals surface area contributed by atoms with Gasteiger partial charge in [-0.05, 0) is 104 Å². The lowest BCUT2D eigenvalue weighted by molar-refractivity contribution is -0.156. The summed E-state index contributed by atoms with van der Waals surface area (Å²) in [6.45, 7) is 28.0. The Labute approximate surface area is 452 Å². The summed E-state index contributed by atoms with van der Waals surface area (Å²) in [5, 5.41) is 3.37. The molecule has 4 aliphatic heterocycles. The van der Waals surface area contributed by atoms with Crippen LogP contribution < -0.4 is 23.8 Å². The fourth-order valence-electron chi connectivity index (χ4n) is 11.0. The first-order chi connectivity index (χ1) is 36.3. The molecule has 77 heavy (non-hydrogen) atoms. The quantitative estimate of drug-likeness (QED) is 0.0678. The highest BCUT2D eigenvalue weighted by molar-refractivity contribution is 6.02. The molecule has 4 unspecified atom stereocenters. The number of likely N-dealkylation sites (tertiary alicyclic amines) is 1. The molecule has 15 nitrogen and oxygen atoms in total. The number of fused-ring (bicyclic) bond motifs is 7. The van der Waals surface area contributed by atoms with Gasteiger partial charge in [0.05, 0.1) is 56.7 Å². The third kappa shape index (κ3) is 11.3. The minimum absolute atomic E-state index is 0.0269. The van der Waals surface area contributed by atoms with Gasteiger partial charge in [-0.2, -0.15) is 0 Å². The van der Waals surface area contributed by atoms with Crippen LogP contribution in [0.1, 0.15) is 121 Å². The van der Waals surface area contributed by atoms with Crippen molar-refractivity contribution in [3.63, 3.8) is 0 Å². The van der Waals surface area contributed by atoms with E-state index in [1.54, 1.807) is 38.1 Å². The van der Waals surface area contributed by atoms with Crippen molar-refractivity contribution < 1.29 is 52.3 Å². The molecule has 5 aromatic rings. The molecule has 9 rings (SSSR count). The first kappa shape index (κ1) is 54.9. The number of para-hydroxylation sites is 1. The Morgan fingerprint density at radius 1 is 0.610 bits per heavy atom. The van der Waals surface area contributed by atoms with Crippen molar-refractivity contribution in [3.05, 3.63) is 90.5 Å². The lowest BCUT2D eigenvalue weighted by atomic mass is 9.77. The van der Waals surface area contributed by atoms with Crippen LogP contribution in [0.25, 0.3) is 21.5 Å². The van der Waals surface area contributed by atoms with Crippen molar-refractivity contribution >= 4 is 74.9 Å². The highest BCUT2D eigenvalue weighted by Crippen LogP contribution is 2.56. The topological polar surface area (TPSA) is 164 Å². The van der Waals surface area contributed by atoms with E-state index in [1.807, 2.05) is 48.8 Å². The van der Waals surface area contributed by atoms with E-state index in [0.717, 1.165) is 53.3 Å². The van der Waals surface area contributed by atoms with Gasteiger partial charge in [0.15, 0.2) is 0 Å². The number of rotatable bonds is 16. The largest absolute Gasteiger partial charge is 0.464 e. The third-order valence-electron chi connectivity index (χ3n) is 14.9. The van der Waals surface area contributed by atoms with E-state index in [9.17, 15) is 19.2 Å². The molecule has 4 atom stereocenters. The Morgan fingerprint density at radius 3 is 1.60 bits per heavy atom. The fourth-order valence-corrected chi connectivity index (χ4v) is 11.0. The van der Waals surface area contributed by atoms with Gasteiger partial charge in [-0.25, -0.2) is 0 Å². The number of carbonyl (C=O) groups excluding carboxylic acids is 4. The van der Waals surface area contributed by atoms with E-state index in [4.69, 9.17) is 43.1 Å². The zero-order chi connectivity index (χ0) is 55.3. The molecule has 15 heteroatoms. The van der Waals surface area contributed by atoms with Crippen molar-refractivity contribution in [1.82, 2.24) is 4.90 Å². The van der Waals surface area contributed by atoms with Crippen LogP contribution in [0, 0.1) is 16.2 Å². The average molecular weight is 1050 g/mol. The van der Waals surface area contributed by atoms with Gasteiger partial charge in [0.25, 0.3) is 0 Å². The predicted molar refractivity (Wildman–Crippen MR) is 298 cm³/mol. The van der Waals surface area contributed by atoms with Gasteiger partial charge in [-0.3, -0.25) is 34.1 Å². The fraction of sp³-hybridized carbons (Fsp3) is 0.484. The minimum Gasteiger partial charge on any atom is -0.464 e. The van der Waals surface area contributed by atoms with Gasteiger partial charge >= 0.3 is 23.9 Å². The second kappa shape index (κ2) is 20.8. The monoisotopic (exact) mass is 1050 g/mol. The molecule has 5 aromatic carbocycles. The number of benzene rings is 5. The molecule has 1 fully saturated rings. The standard InChI is InChI=1S/C62H74N4O11/c1-39(72-51(67)25-27-53(69)74-43-21-17-41-19-23-49-55(45(41)31-43)63-35-61(76-49)59(9,10)29-30-65(61)37-57(3,4)5)33-71-34-40(2)73-52(68)26-28-54(70)75-44-22-18-42-20-24-50-56(46(42)32-44)64-36-62(77-50)60(11,12)47-15-13-14-16-48(47)66(62)38-58(6,7)8/h13-24,31-32,35-36,39-40H,25-30,33-34,37-38H2,1-12H3. The Hall–Kier alpha value is -6.84. The molecule has 0 amide bonds. The van der Waals surface area contributed by atoms with Crippen molar-refractivity contribution in [3.8, 4) is 23.0 Å². The molecular weight excluding hydrogens is 977 g/mol. The van der Waals surface area contributed by atoms with Crippen molar-refractivity contribution in [2.24, 2.45) is 26.2 Å². The van der Waals surface area contributed by atoms with E-state index >= 15 is 0 Å². The molecular formula is C62H74N4O11. The number of carbonyl (C=O) groups is 4. The summed E-state index contributed by atoms with van der Waals surface area (Å²) in [6, 6.07) is 27.0. The maximum absolute atomic E-state index is 13.0. The first-order valence-electron chi connectivity index (χ1n) is 26.9. The van der Waals surface area contributed by atoms with E-state index in [0.29, 0.717) is 34.4 Å². The number of ether oxygens (including phenoxy) is 7. The smallest absolute Gasteiger partial charge is 0.311 e. The number of hydrogen-bond donors (Lipinski definition) is 0. The number of anilines is 1. The highest BCUT2D eigenvalue weighted by Gasteiger charge is 2.60. The highest BCUT2D eigenvalue weighted by atomic mass is 16.6. The molecule has 4 aliphatic rings. The maximum Gasteiger partial charge on any atom is 0.311 e. The Balaban J connectivity index is 0.699. The Morgan fingerprint density at radius 2 is 1.08 bits per heavy atom. The van der Waals surface area contributed by atoms with Crippen LogP contribution in [0.4, 0.5) is 17.1 Å². The summed E-state index contributed by atoms with van der Waals surface area (Å²) >= 11 is 0. The van der Waals surface area contributed by atoms with Gasteiger partial charge in [0, 0.05) is 41.5 Å². The van der Waals surface area contributed by atoms with Gasteiger partial charge < -0.3 is 38.1 Å². The van der Waals surface area contributed by atoms with Crippen LogP contribution in [0.15, 0.2) is 94.9 Å². The van der Waals surface area contributed by atoms with Gasteiger partial charge in [0.1, 0.15) is 46.6 Å². The lowest BCUT2D eigenvalue weighted by Crippen LogP contribution is -2.63. The van der Waals surface area contributed by atoms with E-state index < -0.39 is 53.0 Å². The molecule has 2 spiro atoms. The first-order valence-corrected chi connectivity index (χ1v) is 26.9. The molecule has 4 heterocycles. The maximum atomic E-state index is 13.0. The zero-order valence-corrected chi connectivity index (χ0v) is 46.7. The number of esters is 4. The second-order valence-corrected chi connectivity index (χ2v) is 24.7. The van der Waals surface area contributed by atoms with Crippen LogP contribution in [0.3, 0.4) is 0 Å². The summed E-state index contributed by atoms with van der Waals surface area (Å²) in [6.07, 6.45) is 2.77. The van der Waals surface area contributed by atoms with Crippen LogP contribution in [-0.2, 0) is 38.8 Å². The van der Waals surface area contributed by atoms with E-state index in [2.05, 4.69) is 103 Å². The summed E-state index contributed by atoms with van der Waals surface area (Å²) in [5.74, 6) is -0.418. The Kier molecular flexibility index (Phi) is 14.9. The number of hydrogen-bond acceptors (Lipinski definition) is 15. The zero-order valence-electron chi connectivity index (χ0n) is 46.7. The second-order valence-electron chi connectivity index (χ2n) is 24.7. The molecule has 0 aromatic heterocycles. The summed E-state index contributed by atoms with van der Waals surface area (Å²) in [5.41, 5.74) is 1.52. The van der Waals surface area contributed by atoms with Gasteiger partial charge in [0.2, 0.25) is 11.4 Å². The van der Waals surface area contributed by atoms with Crippen LogP contribution in [0.2, 0.25) is 0 Å². The molecule has 408 valence electrons. The van der Waals surface area contributed by atoms with Crippen molar-refractivity contribution in [2.75, 3.05) is 37.7 Å². The SMILES string of the molecule is CC(COCC(C)OC(=O)CCC(=O)Oc1ccc2ccc3c(c2c1)N=CC1(O3)N(CC(C)(C)C)c2ccccc2C1(C)C)OC(=O)CCC(=O)Oc1ccc2ccc3c(c2c1)N=CC1(O3)N(CC(C)(C)C)CCC1(C)C. The van der Waals surface area contributed by atoms with E-state index in [-0.39, 0.29) is 55.1 Å². The Bertz CT molecular complexity index is 3170. The minimum atomic E-state index is -0.870. The average Bonchev–Trinajstić information content (AvgIpc) is 3.92. The molecule has 0 radical (unpaired) electrons. The van der Waals surface area contributed by atoms with Crippen molar-refractivity contribution in [1.29, 1.82) is 0 Å². The van der Waals surface area contributed by atoms with Crippen LogP contribution in [-0.4, -0.2) is 97.7 Å². The van der Waals surface area contributed by atoms with Gasteiger partial charge in [-0.1, -0.05) is 97.9 Å². The summed E-state index contributed by atoms with van der Waals surface area (Å²) < 4.78 is 41.9. The predicted octanol–water partition coefficient (Wildman–Crippen LogP) is 12.1. The third-order valence-corrected chi connectivity index (χ3v) is 14.9. The normalized spacial score (nSPS) is 20.8. The number of nitrogens with zero attached hydrogens (tertiary/aromatic N) is 4. The molecule has 0 saturated carbocycles. The van der Waals surface area contributed by atoms with Crippen LogP contribution >= 0.6 is 0 Å². The molecule has 0 bridgehead atoms. The van der Waals surface area contributed by atoms with Crippen molar-refractivity contribution in [2.45, 2.75) is 144 Å². The molecule has 1 saturated heterocycles. The van der Waals surface area contributed by atoms with Gasteiger partial charge in [-0.15, -0.1) is 0 Å². The molecule has 0 aliphatic carbocycles. The summed E-state index contributed by atoms with van der Waals surface area (Å²) in [7, 11) is 0. The lowest BCUT2D eigenvalue weighted by Gasteiger charge is -2.48. The summed E-state index contributed by atoms with van der Waals surface area (Å²) in [4.78, 5) is 66.2. The van der Waals surface area contributed by atoms with E-state index in [1.165, 1.54) is 5.56 Å². The number of aliphatic imine (C=N–C) groups is 2. The van der Waals surface area contributed by atoms with Crippen LogP contribution in [0.5, 0.6) is 23.0 Å². The molecule has 0 N–H and O–H groups in total.